The lowest BCUT2D eigenvalue weighted by Crippen LogP contribution is -2.25. The van der Waals surface area contributed by atoms with Crippen molar-refractivity contribution in [1.82, 2.24) is 0 Å². The van der Waals surface area contributed by atoms with Gasteiger partial charge in [0.05, 0.1) is 0 Å². The predicted molar refractivity (Wildman–Crippen MR) is 78.8 cm³/mol. The zero-order chi connectivity index (χ0) is 12.8. The van der Waals surface area contributed by atoms with E-state index in [-0.39, 0.29) is 0 Å². The summed E-state index contributed by atoms with van der Waals surface area (Å²) in [6, 6.07) is 21.6. The van der Waals surface area contributed by atoms with Crippen LogP contribution in [0.15, 0.2) is 60.7 Å². The zero-order valence-corrected chi connectivity index (χ0v) is 11.1. The van der Waals surface area contributed by atoms with Crippen LogP contribution < -0.4 is 5.32 Å². The number of benzene rings is 2. The maximum absolute atomic E-state index is 3.56. The molecule has 1 N–H and O–H groups in total. The van der Waals surface area contributed by atoms with Crippen molar-refractivity contribution in [2.75, 3.05) is 5.32 Å². The molecule has 0 heterocycles. The maximum atomic E-state index is 3.56. The third-order valence-electron chi connectivity index (χ3n) is 3.42. The Morgan fingerprint density at radius 1 is 0.833 bits per heavy atom. The molecule has 2 rings (SSSR count). The fourth-order valence-corrected chi connectivity index (χ4v) is 2.10. The Kier molecular flexibility index (Phi) is 4.40. The molecule has 0 saturated carbocycles. The van der Waals surface area contributed by atoms with Crippen molar-refractivity contribution in [2.24, 2.45) is 5.92 Å². The molecule has 18 heavy (non-hydrogen) atoms. The van der Waals surface area contributed by atoms with Gasteiger partial charge in [0, 0.05) is 11.7 Å². The Morgan fingerprint density at radius 2 is 1.39 bits per heavy atom. The van der Waals surface area contributed by atoms with Crippen molar-refractivity contribution in [3.63, 3.8) is 0 Å². The molecule has 0 spiro atoms. The van der Waals surface area contributed by atoms with Crippen molar-refractivity contribution in [1.29, 1.82) is 0 Å². The topological polar surface area (TPSA) is 12.0 Å². The van der Waals surface area contributed by atoms with Crippen molar-refractivity contribution in [2.45, 2.75) is 26.3 Å². The fraction of sp³-hybridized carbons (Fsp3) is 0.294. The first-order valence-corrected chi connectivity index (χ1v) is 6.61. The molecule has 1 nitrogen and oxygen atoms in total. The highest BCUT2D eigenvalue weighted by molar-refractivity contribution is 5.43. The van der Waals surface area contributed by atoms with Gasteiger partial charge in [-0.2, -0.15) is 0 Å². The predicted octanol–water partition coefficient (Wildman–Crippen LogP) is 4.37. The second-order valence-electron chi connectivity index (χ2n) is 4.97. The largest absolute Gasteiger partial charge is 0.382 e. The van der Waals surface area contributed by atoms with Crippen LogP contribution >= 0.6 is 0 Å². The van der Waals surface area contributed by atoms with Crippen molar-refractivity contribution in [3.8, 4) is 0 Å². The van der Waals surface area contributed by atoms with E-state index in [1.807, 2.05) is 6.07 Å². The summed E-state index contributed by atoms with van der Waals surface area (Å²) < 4.78 is 0. The highest BCUT2D eigenvalue weighted by Crippen LogP contribution is 2.16. The number of para-hydroxylation sites is 1. The minimum Gasteiger partial charge on any atom is -0.382 e. The average molecular weight is 239 g/mol. The van der Waals surface area contributed by atoms with E-state index in [4.69, 9.17) is 0 Å². The molecule has 0 aliphatic heterocycles. The lowest BCUT2D eigenvalue weighted by atomic mass is 9.95. The quantitative estimate of drug-likeness (QED) is 0.817. The van der Waals surface area contributed by atoms with E-state index in [9.17, 15) is 0 Å². The molecule has 0 radical (unpaired) electrons. The van der Waals surface area contributed by atoms with E-state index in [0.717, 1.165) is 6.42 Å². The lowest BCUT2D eigenvalue weighted by Gasteiger charge is -2.22. The van der Waals surface area contributed by atoms with Gasteiger partial charge in [-0.15, -0.1) is 0 Å². The van der Waals surface area contributed by atoms with Crippen LogP contribution in [0.1, 0.15) is 19.4 Å². The smallest absolute Gasteiger partial charge is 0.0342 e. The van der Waals surface area contributed by atoms with Gasteiger partial charge in [-0.05, 0) is 37.0 Å². The van der Waals surface area contributed by atoms with Crippen LogP contribution in [0.4, 0.5) is 5.69 Å². The van der Waals surface area contributed by atoms with Crippen LogP contribution in [0.25, 0.3) is 0 Å². The molecule has 1 heteroatoms. The minimum atomic E-state index is 0.465. The SMILES string of the molecule is CC(Cc1ccccc1)C(C)Nc1ccccc1. The van der Waals surface area contributed by atoms with E-state index in [1.165, 1.54) is 11.3 Å². The molecule has 2 aromatic carbocycles. The molecule has 2 unspecified atom stereocenters. The van der Waals surface area contributed by atoms with E-state index >= 15 is 0 Å². The van der Waals surface area contributed by atoms with Gasteiger partial charge in [0.25, 0.3) is 0 Å². The summed E-state index contributed by atoms with van der Waals surface area (Å²) in [5.74, 6) is 0.604. The average Bonchev–Trinajstić information content (AvgIpc) is 2.41. The molecule has 0 aliphatic carbocycles. The molecular weight excluding hydrogens is 218 g/mol. The molecule has 2 atom stereocenters. The summed E-state index contributed by atoms with van der Waals surface area (Å²) in [6.07, 6.45) is 1.11. The highest BCUT2D eigenvalue weighted by Gasteiger charge is 2.12. The molecule has 0 amide bonds. The van der Waals surface area contributed by atoms with Gasteiger partial charge in [-0.25, -0.2) is 0 Å². The molecule has 0 aliphatic rings. The summed E-state index contributed by atoms with van der Waals surface area (Å²) in [6.45, 7) is 4.55. The van der Waals surface area contributed by atoms with Gasteiger partial charge >= 0.3 is 0 Å². The maximum Gasteiger partial charge on any atom is 0.0342 e. The summed E-state index contributed by atoms with van der Waals surface area (Å²) in [5.41, 5.74) is 2.61. The Morgan fingerprint density at radius 3 is 2.00 bits per heavy atom. The molecular formula is C17H21N. The van der Waals surface area contributed by atoms with Gasteiger partial charge < -0.3 is 5.32 Å². The number of hydrogen-bond donors (Lipinski definition) is 1. The number of rotatable bonds is 5. The van der Waals surface area contributed by atoms with Crippen LogP contribution in [-0.4, -0.2) is 6.04 Å². The summed E-state index contributed by atoms with van der Waals surface area (Å²) in [4.78, 5) is 0. The molecule has 0 saturated heterocycles. The Hall–Kier alpha value is -1.76. The van der Waals surface area contributed by atoms with Gasteiger partial charge in [0.15, 0.2) is 0 Å². The van der Waals surface area contributed by atoms with Crippen LogP contribution in [-0.2, 0) is 6.42 Å². The van der Waals surface area contributed by atoms with E-state index < -0.39 is 0 Å². The fourth-order valence-electron chi connectivity index (χ4n) is 2.10. The number of anilines is 1. The first-order chi connectivity index (χ1) is 8.75. The van der Waals surface area contributed by atoms with Crippen LogP contribution in [0.5, 0.6) is 0 Å². The monoisotopic (exact) mass is 239 g/mol. The molecule has 0 bridgehead atoms. The Bertz CT molecular complexity index is 404. The summed E-state index contributed by atoms with van der Waals surface area (Å²) in [5, 5.41) is 3.56. The van der Waals surface area contributed by atoms with Crippen LogP contribution in [0.3, 0.4) is 0 Å². The van der Waals surface area contributed by atoms with E-state index in [0.29, 0.717) is 12.0 Å². The molecule has 0 fully saturated rings. The number of hydrogen-bond acceptors (Lipinski definition) is 1. The van der Waals surface area contributed by atoms with Crippen molar-refractivity contribution < 1.29 is 0 Å². The molecule has 94 valence electrons. The van der Waals surface area contributed by atoms with Gasteiger partial charge in [0.1, 0.15) is 0 Å². The lowest BCUT2D eigenvalue weighted by molar-refractivity contribution is 0.507. The van der Waals surface area contributed by atoms with Crippen molar-refractivity contribution >= 4 is 5.69 Å². The van der Waals surface area contributed by atoms with Crippen molar-refractivity contribution in [3.05, 3.63) is 66.2 Å². The Labute approximate surface area is 110 Å². The molecule has 2 aromatic rings. The third kappa shape index (κ3) is 3.63. The molecule has 0 aromatic heterocycles. The van der Waals surface area contributed by atoms with E-state index in [2.05, 4.69) is 73.8 Å². The minimum absolute atomic E-state index is 0.465. The first kappa shape index (κ1) is 12.7. The van der Waals surface area contributed by atoms with Gasteiger partial charge in [-0.1, -0.05) is 55.5 Å². The van der Waals surface area contributed by atoms with Crippen LogP contribution in [0.2, 0.25) is 0 Å². The standard InChI is InChI=1S/C17H21N/c1-14(13-16-9-5-3-6-10-16)15(2)18-17-11-7-4-8-12-17/h3-12,14-15,18H,13H2,1-2H3. The summed E-state index contributed by atoms with van der Waals surface area (Å²) in [7, 11) is 0. The highest BCUT2D eigenvalue weighted by atomic mass is 14.9. The van der Waals surface area contributed by atoms with Crippen LogP contribution in [0, 0.1) is 5.92 Å². The van der Waals surface area contributed by atoms with Gasteiger partial charge in [-0.3, -0.25) is 0 Å². The second-order valence-corrected chi connectivity index (χ2v) is 4.97. The van der Waals surface area contributed by atoms with Gasteiger partial charge in [0.2, 0.25) is 0 Å². The normalized spacial score (nSPS) is 13.9. The zero-order valence-electron chi connectivity index (χ0n) is 11.1. The second kappa shape index (κ2) is 6.25. The number of nitrogens with one attached hydrogen (secondary N) is 1. The third-order valence-corrected chi connectivity index (χ3v) is 3.42. The first-order valence-electron chi connectivity index (χ1n) is 6.61. The van der Waals surface area contributed by atoms with E-state index in [1.54, 1.807) is 0 Å². The Balaban J connectivity index is 1.91. The summed E-state index contributed by atoms with van der Waals surface area (Å²) >= 11 is 0.